The molecule has 25 heavy (non-hydrogen) atoms. The number of rotatable bonds is 5. The molecule has 0 unspecified atom stereocenters. The van der Waals surface area contributed by atoms with Crippen LogP contribution in [0, 0.1) is 10.8 Å². The van der Waals surface area contributed by atoms with Crippen LogP contribution in [0.3, 0.4) is 0 Å². The van der Waals surface area contributed by atoms with Crippen molar-refractivity contribution in [2.45, 2.75) is 72.1 Å². The Morgan fingerprint density at radius 3 is 2.08 bits per heavy atom. The molecule has 0 aliphatic rings. The van der Waals surface area contributed by atoms with Crippen molar-refractivity contribution in [3.63, 3.8) is 0 Å². The Balaban J connectivity index is 6.04. The lowest BCUT2D eigenvalue weighted by Crippen LogP contribution is -2.59. The topological polar surface area (TPSA) is 82.1 Å². The molecule has 0 heterocycles. The molecule has 0 bridgehead atoms. The van der Waals surface area contributed by atoms with Crippen LogP contribution in [-0.4, -0.2) is 46.9 Å². The minimum atomic E-state index is -1.70. The van der Waals surface area contributed by atoms with E-state index in [4.69, 9.17) is 14.2 Å². The van der Waals surface area contributed by atoms with Crippen LogP contribution >= 0.6 is 15.9 Å². The van der Waals surface area contributed by atoms with Crippen LogP contribution in [0.25, 0.3) is 0 Å². The SMILES string of the molecule is CCOC(=O)[C@](C)(CC#CBr)N(C(=O)OC(C)C)C(=O)OC(C)(C)C. The third-order valence-electron chi connectivity index (χ3n) is 2.80. The lowest BCUT2D eigenvalue weighted by atomic mass is 9.96. The third kappa shape index (κ3) is 7.34. The smallest absolute Gasteiger partial charge is 0.420 e. The van der Waals surface area contributed by atoms with Crippen molar-refractivity contribution in [2.24, 2.45) is 0 Å². The first-order valence-electron chi connectivity index (χ1n) is 7.88. The van der Waals surface area contributed by atoms with E-state index in [9.17, 15) is 14.4 Å². The Labute approximate surface area is 157 Å². The largest absolute Gasteiger partial charge is 0.464 e. The van der Waals surface area contributed by atoms with Crippen molar-refractivity contribution in [2.75, 3.05) is 6.61 Å². The Morgan fingerprint density at radius 1 is 1.12 bits per heavy atom. The van der Waals surface area contributed by atoms with Gasteiger partial charge in [0.1, 0.15) is 5.60 Å². The van der Waals surface area contributed by atoms with Crippen molar-refractivity contribution in [3.05, 3.63) is 0 Å². The maximum Gasteiger partial charge on any atom is 0.420 e. The van der Waals surface area contributed by atoms with Gasteiger partial charge in [0.15, 0.2) is 5.54 Å². The Morgan fingerprint density at radius 2 is 1.68 bits per heavy atom. The van der Waals surface area contributed by atoms with Crippen molar-refractivity contribution in [1.29, 1.82) is 0 Å². The molecule has 0 saturated heterocycles. The highest BCUT2D eigenvalue weighted by atomic mass is 79.9. The minimum absolute atomic E-state index is 0.0809. The van der Waals surface area contributed by atoms with E-state index in [0.29, 0.717) is 4.90 Å². The number of esters is 1. The van der Waals surface area contributed by atoms with Crippen LogP contribution in [0.1, 0.15) is 54.9 Å². The van der Waals surface area contributed by atoms with E-state index in [0.717, 1.165) is 0 Å². The molecule has 0 aromatic rings. The lowest BCUT2D eigenvalue weighted by molar-refractivity contribution is -0.155. The molecule has 1 atom stereocenters. The summed E-state index contributed by atoms with van der Waals surface area (Å²) in [6, 6.07) is 0. The number of carbonyl (C=O) groups excluding carboxylic acids is 3. The normalized spacial score (nSPS) is 13.2. The summed E-state index contributed by atoms with van der Waals surface area (Å²) in [5.74, 6) is 1.86. The Bertz CT molecular complexity index is 558. The van der Waals surface area contributed by atoms with Gasteiger partial charge in [0, 0.05) is 22.4 Å². The van der Waals surface area contributed by atoms with Gasteiger partial charge >= 0.3 is 18.2 Å². The zero-order chi connectivity index (χ0) is 19.8. The molecule has 0 aliphatic heterocycles. The summed E-state index contributed by atoms with van der Waals surface area (Å²) in [6.45, 7) is 11.3. The van der Waals surface area contributed by atoms with E-state index in [1.807, 2.05) is 0 Å². The molecule has 0 aromatic carbocycles. The number of imide groups is 1. The maximum absolute atomic E-state index is 12.6. The predicted octanol–water partition coefficient (Wildman–Crippen LogP) is 3.84. The number of nitrogens with zero attached hydrogens (tertiary/aromatic N) is 1. The first-order valence-corrected chi connectivity index (χ1v) is 8.67. The summed E-state index contributed by atoms with van der Waals surface area (Å²) < 4.78 is 15.4. The highest BCUT2D eigenvalue weighted by Crippen LogP contribution is 2.26. The molecule has 0 spiro atoms. The zero-order valence-corrected chi connectivity index (χ0v) is 17.4. The first-order chi connectivity index (χ1) is 11.4. The zero-order valence-electron chi connectivity index (χ0n) is 15.8. The van der Waals surface area contributed by atoms with Crippen molar-refractivity contribution in [3.8, 4) is 10.8 Å². The summed E-state index contributed by atoms with van der Waals surface area (Å²) in [7, 11) is 0. The molecule has 0 fully saturated rings. The number of carbonyl (C=O) groups is 3. The molecule has 0 N–H and O–H groups in total. The van der Waals surface area contributed by atoms with Gasteiger partial charge in [-0.1, -0.05) is 5.92 Å². The summed E-state index contributed by atoms with van der Waals surface area (Å²) in [5, 5.41) is 0. The number of amides is 2. The van der Waals surface area contributed by atoms with Crippen LogP contribution in [0.15, 0.2) is 0 Å². The van der Waals surface area contributed by atoms with Gasteiger partial charge in [-0.25, -0.2) is 14.4 Å². The molecule has 142 valence electrons. The highest BCUT2D eigenvalue weighted by molar-refractivity contribution is 9.12. The van der Waals surface area contributed by atoms with E-state index in [2.05, 4.69) is 26.7 Å². The molecule has 0 rings (SSSR count). The van der Waals surface area contributed by atoms with Crippen LogP contribution in [0.4, 0.5) is 9.59 Å². The second-order valence-electron chi connectivity index (χ2n) is 6.69. The Kier molecular flexibility index (Phi) is 8.98. The number of halogens is 1. The van der Waals surface area contributed by atoms with E-state index in [1.54, 1.807) is 41.5 Å². The maximum atomic E-state index is 12.6. The summed E-state index contributed by atoms with van der Waals surface area (Å²) in [6.07, 6.45) is -2.66. The predicted molar refractivity (Wildman–Crippen MR) is 96.0 cm³/mol. The van der Waals surface area contributed by atoms with Gasteiger partial charge in [-0.2, -0.15) is 4.90 Å². The number of ether oxygens (including phenoxy) is 3. The monoisotopic (exact) mass is 419 g/mol. The van der Waals surface area contributed by atoms with E-state index < -0.39 is 35.4 Å². The van der Waals surface area contributed by atoms with Gasteiger partial charge in [-0.15, -0.1) is 0 Å². The van der Waals surface area contributed by atoms with Gasteiger partial charge in [0.2, 0.25) is 0 Å². The second kappa shape index (κ2) is 9.66. The average molecular weight is 420 g/mol. The van der Waals surface area contributed by atoms with Crippen LogP contribution in [0.2, 0.25) is 0 Å². The van der Waals surface area contributed by atoms with Gasteiger partial charge < -0.3 is 14.2 Å². The third-order valence-corrected chi connectivity index (χ3v) is 3.08. The molecule has 8 heteroatoms. The van der Waals surface area contributed by atoms with Gasteiger partial charge in [-0.3, -0.25) is 0 Å². The van der Waals surface area contributed by atoms with Crippen molar-refractivity contribution < 1.29 is 28.6 Å². The van der Waals surface area contributed by atoms with Gasteiger partial charge in [-0.05, 0) is 53.3 Å². The lowest BCUT2D eigenvalue weighted by Gasteiger charge is -2.36. The van der Waals surface area contributed by atoms with E-state index in [-0.39, 0.29) is 13.0 Å². The molecule has 7 nitrogen and oxygen atoms in total. The summed E-state index contributed by atoms with van der Waals surface area (Å²) in [4.78, 5) is 40.8. The molecule has 0 saturated carbocycles. The standard InChI is InChI=1S/C17H26BrNO6/c1-8-23-13(20)17(7,10-9-11-18)19(14(21)24-12(2)3)15(22)25-16(4,5)6/h12H,8,10H2,1-7H3/t17-/m0/s1. The fourth-order valence-electron chi connectivity index (χ4n) is 1.77. The van der Waals surface area contributed by atoms with Crippen molar-refractivity contribution >= 4 is 34.1 Å². The molecule has 0 aliphatic carbocycles. The Hall–Kier alpha value is -1.75. The highest BCUT2D eigenvalue weighted by Gasteiger charge is 2.49. The summed E-state index contributed by atoms with van der Waals surface area (Å²) >= 11 is 2.94. The molecular formula is C17H26BrNO6. The number of hydrogen-bond donors (Lipinski definition) is 0. The average Bonchev–Trinajstić information content (AvgIpc) is 2.42. The molecule has 0 radical (unpaired) electrons. The molecule has 2 amide bonds. The fraction of sp³-hybridized carbons (Fsp3) is 0.706. The fourth-order valence-corrected chi connectivity index (χ4v) is 1.91. The van der Waals surface area contributed by atoms with Crippen LogP contribution in [-0.2, 0) is 19.0 Å². The van der Waals surface area contributed by atoms with Crippen molar-refractivity contribution in [1.82, 2.24) is 4.90 Å². The minimum Gasteiger partial charge on any atom is -0.464 e. The van der Waals surface area contributed by atoms with Crippen LogP contribution < -0.4 is 0 Å². The van der Waals surface area contributed by atoms with Crippen LogP contribution in [0.5, 0.6) is 0 Å². The van der Waals surface area contributed by atoms with Gasteiger partial charge in [0.05, 0.1) is 12.7 Å². The van der Waals surface area contributed by atoms with E-state index >= 15 is 0 Å². The molecule has 0 aromatic heterocycles. The van der Waals surface area contributed by atoms with E-state index in [1.165, 1.54) is 6.92 Å². The molecular weight excluding hydrogens is 394 g/mol. The second-order valence-corrected chi connectivity index (χ2v) is 7.09. The quantitative estimate of drug-likeness (QED) is 0.382. The summed E-state index contributed by atoms with van der Waals surface area (Å²) in [5.41, 5.74) is -2.57. The van der Waals surface area contributed by atoms with Gasteiger partial charge in [0.25, 0.3) is 0 Å². The first kappa shape index (κ1) is 23.2. The number of hydrogen-bond acceptors (Lipinski definition) is 6.